The highest BCUT2D eigenvalue weighted by Crippen LogP contribution is 2.25. The molecule has 5 nitrogen and oxygen atoms in total. The van der Waals surface area contributed by atoms with Gasteiger partial charge in [0, 0.05) is 16.1 Å². The Morgan fingerprint density at radius 1 is 0.931 bits per heavy atom. The highest BCUT2D eigenvalue weighted by molar-refractivity contribution is 6.30. The lowest BCUT2D eigenvalue weighted by Gasteiger charge is -2.07. The standard InChI is InChI=1S/C23H14ClNO4/c24-18-12-10-16(11-13-18)22(26)28-20-9-5-4-8-17(20)14-19-23(27)29-21(25-19)15-6-2-1-3-7-15/h1-14H. The van der Waals surface area contributed by atoms with Crippen molar-refractivity contribution in [3.05, 3.63) is 106 Å². The molecule has 1 heterocycles. The van der Waals surface area contributed by atoms with Gasteiger partial charge in [0.25, 0.3) is 0 Å². The number of nitrogens with zero attached hydrogens (tertiary/aromatic N) is 1. The van der Waals surface area contributed by atoms with Crippen LogP contribution in [0.1, 0.15) is 21.5 Å². The van der Waals surface area contributed by atoms with E-state index in [4.69, 9.17) is 21.1 Å². The number of halogens is 1. The third-order valence-electron chi connectivity index (χ3n) is 4.14. The van der Waals surface area contributed by atoms with Gasteiger partial charge in [-0.2, -0.15) is 0 Å². The second kappa shape index (κ2) is 8.12. The van der Waals surface area contributed by atoms with Crippen molar-refractivity contribution in [2.75, 3.05) is 0 Å². The Morgan fingerprint density at radius 3 is 2.38 bits per heavy atom. The largest absolute Gasteiger partial charge is 0.422 e. The molecule has 29 heavy (non-hydrogen) atoms. The number of cyclic esters (lactones) is 1. The maximum atomic E-state index is 12.4. The first kappa shape index (κ1) is 18.7. The number of rotatable bonds is 4. The SMILES string of the molecule is O=C1OC(c2ccccc2)=NC1=Cc1ccccc1OC(=O)c1ccc(Cl)cc1. The van der Waals surface area contributed by atoms with Gasteiger partial charge in [0.2, 0.25) is 5.90 Å². The van der Waals surface area contributed by atoms with E-state index in [1.54, 1.807) is 60.7 Å². The van der Waals surface area contributed by atoms with Gasteiger partial charge in [0.05, 0.1) is 5.56 Å². The lowest BCUT2D eigenvalue weighted by Crippen LogP contribution is -2.09. The van der Waals surface area contributed by atoms with Crippen LogP contribution in [0, 0.1) is 0 Å². The Bertz CT molecular complexity index is 1140. The predicted molar refractivity (Wildman–Crippen MR) is 110 cm³/mol. The van der Waals surface area contributed by atoms with Gasteiger partial charge in [-0.25, -0.2) is 14.6 Å². The maximum absolute atomic E-state index is 12.4. The summed E-state index contributed by atoms with van der Waals surface area (Å²) in [6.45, 7) is 0. The van der Waals surface area contributed by atoms with Crippen LogP contribution in [0.15, 0.2) is 89.6 Å². The van der Waals surface area contributed by atoms with Crippen molar-refractivity contribution in [3.8, 4) is 5.75 Å². The van der Waals surface area contributed by atoms with E-state index in [-0.39, 0.29) is 11.6 Å². The van der Waals surface area contributed by atoms with Crippen LogP contribution in [0.4, 0.5) is 0 Å². The summed E-state index contributed by atoms with van der Waals surface area (Å²) in [7, 11) is 0. The van der Waals surface area contributed by atoms with Crippen molar-refractivity contribution in [1.82, 2.24) is 0 Å². The molecule has 0 saturated carbocycles. The zero-order valence-electron chi connectivity index (χ0n) is 15.0. The fourth-order valence-corrected chi connectivity index (χ4v) is 2.82. The third-order valence-corrected chi connectivity index (χ3v) is 4.39. The van der Waals surface area contributed by atoms with Crippen LogP contribution in [-0.2, 0) is 9.53 Å². The van der Waals surface area contributed by atoms with Crippen LogP contribution >= 0.6 is 11.6 Å². The molecule has 3 aromatic rings. The minimum atomic E-state index is -0.567. The highest BCUT2D eigenvalue weighted by atomic mass is 35.5. The fourth-order valence-electron chi connectivity index (χ4n) is 2.70. The van der Waals surface area contributed by atoms with Crippen molar-refractivity contribution in [2.24, 2.45) is 4.99 Å². The molecule has 0 fully saturated rings. The van der Waals surface area contributed by atoms with Crippen LogP contribution in [0.5, 0.6) is 5.75 Å². The lowest BCUT2D eigenvalue weighted by molar-refractivity contribution is -0.129. The summed E-state index contributed by atoms with van der Waals surface area (Å²) < 4.78 is 10.8. The van der Waals surface area contributed by atoms with Gasteiger partial charge in [-0.3, -0.25) is 0 Å². The minimum absolute atomic E-state index is 0.124. The summed E-state index contributed by atoms with van der Waals surface area (Å²) in [6, 6.07) is 22.4. The van der Waals surface area contributed by atoms with Gasteiger partial charge in [-0.15, -0.1) is 0 Å². The van der Waals surface area contributed by atoms with E-state index in [1.165, 1.54) is 6.08 Å². The maximum Gasteiger partial charge on any atom is 0.363 e. The molecule has 1 aliphatic rings. The van der Waals surface area contributed by atoms with Crippen molar-refractivity contribution in [2.45, 2.75) is 0 Å². The normalized spacial score (nSPS) is 14.4. The lowest BCUT2D eigenvalue weighted by atomic mass is 10.1. The molecule has 0 spiro atoms. The van der Waals surface area contributed by atoms with Crippen molar-refractivity contribution >= 4 is 35.5 Å². The van der Waals surface area contributed by atoms with Crippen molar-refractivity contribution in [1.29, 1.82) is 0 Å². The van der Waals surface area contributed by atoms with Crippen LogP contribution in [0.25, 0.3) is 6.08 Å². The van der Waals surface area contributed by atoms with E-state index in [1.807, 2.05) is 18.2 Å². The molecule has 142 valence electrons. The minimum Gasteiger partial charge on any atom is -0.422 e. The van der Waals surface area contributed by atoms with Gasteiger partial charge in [-0.05, 0) is 48.5 Å². The average Bonchev–Trinajstić information content (AvgIpc) is 3.11. The second-order valence-corrected chi connectivity index (χ2v) is 6.57. The molecule has 0 bridgehead atoms. The summed E-state index contributed by atoms with van der Waals surface area (Å²) >= 11 is 5.85. The molecule has 0 amide bonds. The Balaban J connectivity index is 1.61. The molecule has 3 aromatic carbocycles. The van der Waals surface area contributed by atoms with Gasteiger partial charge < -0.3 is 9.47 Å². The summed E-state index contributed by atoms with van der Waals surface area (Å²) in [5.41, 5.74) is 1.71. The van der Waals surface area contributed by atoms with E-state index >= 15 is 0 Å². The van der Waals surface area contributed by atoms with E-state index in [9.17, 15) is 9.59 Å². The number of esters is 2. The predicted octanol–water partition coefficient (Wildman–Crippen LogP) is 4.90. The van der Waals surface area contributed by atoms with Gasteiger partial charge >= 0.3 is 11.9 Å². The Kier molecular flexibility index (Phi) is 5.22. The monoisotopic (exact) mass is 403 g/mol. The first-order chi connectivity index (χ1) is 14.1. The first-order valence-corrected chi connectivity index (χ1v) is 9.13. The molecule has 0 atom stereocenters. The highest BCUT2D eigenvalue weighted by Gasteiger charge is 2.24. The quantitative estimate of drug-likeness (QED) is 0.353. The average molecular weight is 404 g/mol. The van der Waals surface area contributed by atoms with Crippen molar-refractivity contribution < 1.29 is 19.1 Å². The number of benzene rings is 3. The molecule has 6 heteroatoms. The number of aliphatic imine (C=N–C) groups is 1. The number of hydrogen-bond donors (Lipinski definition) is 0. The second-order valence-electron chi connectivity index (χ2n) is 6.14. The fraction of sp³-hybridized carbons (Fsp3) is 0. The van der Waals surface area contributed by atoms with Gasteiger partial charge in [0.1, 0.15) is 5.75 Å². The molecule has 4 rings (SSSR count). The third kappa shape index (κ3) is 4.25. The smallest absolute Gasteiger partial charge is 0.363 e. The zero-order chi connectivity index (χ0) is 20.2. The Morgan fingerprint density at radius 2 is 1.62 bits per heavy atom. The van der Waals surface area contributed by atoms with E-state index in [0.29, 0.717) is 27.5 Å². The molecule has 0 aliphatic carbocycles. The molecular formula is C23H14ClNO4. The van der Waals surface area contributed by atoms with Crippen molar-refractivity contribution in [3.63, 3.8) is 0 Å². The summed E-state index contributed by atoms with van der Waals surface area (Å²) in [5.74, 6) is -0.564. The number of para-hydroxylation sites is 1. The molecule has 0 radical (unpaired) electrons. The molecular weight excluding hydrogens is 390 g/mol. The number of hydrogen-bond acceptors (Lipinski definition) is 5. The van der Waals surface area contributed by atoms with Crippen LogP contribution < -0.4 is 4.74 Å². The number of carbonyl (C=O) groups excluding carboxylic acids is 2. The van der Waals surface area contributed by atoms with E-state index < -0.39 is 11.9 Å². The number of carbonyl (C=O) groups is 2. The molecule has 0 unspecified atom stereocenters. The molecule has 0 N–H and O–H groups in total. The summed E-state index contributed by atoms with van der Waals surface area (Å²) in [4.78, 5) is 28.9. The number of ether oxygens (including phenoxy) is 2. The van der Waals surface area contributed by atoms with Crippen LogP contribution in [0.2, 0.25) is 5.02 Å². The topological polar surface area (TPSA) is 65.0 Å². The van der Waals surface area contributed by atoms with Gasteiger partial charge in [-0.1, -0.05) is 48.0 Å². The zero-order valence-corrected chi connectivity index (χ0v) is 15.8. The Labute approximate surface area is 171 Å². The Hall–Kier alpha value is -3.70. The molecule has 0 aromatic heterocycles. The van der Waals surface area contributed by atoms with Gasteiger partial charge in [0.15, 0.2) is 5.70 Å². The summed E-state index contributed by atoms with van der Waals surface area (Å²) in [6.07, 6.45) is 1.53. The van der Waals surface area contributed by atoms with E-state index in [0.717, 1.165) is 0 Å². The first-order valence-electron chi connectivity index (χ1n) is 8.75. The summed E-state index contributed by atoms with van der Waals surface area (Å²) in [5, 5.41) is 0.526. The molecule has 0 saturated heterocycles. The van der Waals surface area contributed by atoms with Crippen LogP contribution in [0.3, 0.4) is 0 Å². The van der Waals surface area contributed by atoms with Crippen LogP contribution in [-0.4, -0.2) is 17.8 Å². The van der Waals surface area contributed by atoms with E-state index in [2.05, 4.69) is 4.99 Å². The molecule has 1 aliphatic heterocycles.